The second kappa shape index (κ2) is 8.34. The van der Waals surface area contributed by atoms with E-state index in [1.54, 1.807) is 4.90 Å². The molecule has 29 heavy (non-hydrogen) atoms. The Morgan fingerprint density at radius 2 is 1.79 bits per heavy atom. The highest BCUT2D eigenvalue weighted by Gasteiger charge is 2.42. The highest BCUT2D eigenvalue weighted by atomic mass is 32.2. The second-order valence-corrected chi connectivity index (χ2v) is 10.6. The molecule has 0 radical (unpaired) electrons. The first-order valence-electron chi connectivity index (χ1n) is 10.6. The van der Waals surface area contributed by atoms with E-state index in [4.69, 9.17) is 0 Å². The monoisotopic (exact) mass is 419 g/mol. The van der Waals surface area contributed by atoms with Gasteiger partial charge in [0, 0.05) is 32.1 Å². The number of rotatable bonds is 4. The molecule has 1 N–H and O–H groups in total. The van der Waals surface area contributed by atoms with Crippen LogP contribution in [0.1, 0.15) is 38.5 Å². The molecule has 0 unspecified atom stereocenters. The molecule has 0 spiro atoms. The van der Waals surface area contributed by atoms with Crippen molar-refractivity contribution in [3.05, 3.63) is 24.3 Å². The van der Waals surface area contributed by atoms with Crippen LogP contribution < -0.4 is 10.2 Å². The molecule has 1 aromatic carbocycles. The lowest BCUT2D eigenvalue weighted by Gasteiger charge is -2.26. The van der Waals surface area contributed by atoms with Crippen LogP contribution in [0.15, 0.2) is 24.3 Å². The van der Waals surface area contributed by atoms with E-state index in [1.807, 2.05) is 24.3 Å². The van der Waals surface area contributed by atoms with E-state index in [1.165, 1.54) is 12.8 Å². The molecule has 2 atom stereocenters. The molecule has 3 aliphatic rings. The first-order chi connectivity index (χ1) is 13.9. The zero-order chi connectivity index (χ0) is 20.4. The third-order valence-electron chi connectivity index (χ3n) is 6.29. The third-order valence-corrected chi connectivity index (χ3v) is 8.04. The van der Waals surface area contributed by atoms with Crippen LogP contribution in [-0.2, 0) is 19.4 Å². The first kappa shape index (κ1) is 20.2. The molecule has 0 bridgehead atoms. The fourth-order valence-corrected chi connectivity index (χ4v) is 6.41. The summed E-state index contributed by atoms with van der Waals surface area (Å²) in [5.74, 6) is -0.577. The summed E-state index contributed by atoms with van der Waals surface area (Å²) >= 11 is 0. The van der Waals surface area contributed by atoms with Crippen LogP contribution in [0.4, 0.5) is 11.4 Å². The summed E-state index contributed by atoms with van der Waals surface area (Å²) in [7, 11) is -3.06. The molecule has 0 saturated carbocycles. The number of likely N-dealkylation sites (tertiary alicyclic amines) is 1. The van der Waals surface area contributed by atoms with Crippen molar-refractivity contribution in [3.63, 3.8) is 0 Å². The number of amides is 2. The van der Waals surface area contributed by atoms with Gasteiger partial charge in [0.25, 0.3) is 0 Å². The van der Waals surface area contributed by atoms with Crippen LogP contribution in [0.25, 0.3) is 0 Å². The van der Waals surface area contributed by atoms with E-state index in [-0.39, 0.29) is 35.8 Å². The standard InChI is InChI=1S/C21H29N3O4S/c25-20-13-16(14-24(20)17-9-12-29(27,28)15-17)21(26)22-18-7-3-4-8-19(18)23-10-5-1-2-6-11-23/h3-4,7-8,16-17H,1-2,5-6,9-15H2,(H,22,26)/t16-,17-/m1/s1. The average molecular weight is 420 g/mol. The van der Waals surface area contributed by atoms with Crippen LogP contribution in [0, 0.1) is 5.92 Å². The highest BCUT2D eigenvalue weighted by Crippen LogP contribution is 2.30. The number of carbonyl (C=O) groups excluding carboxylic acids is 2. The molecule has 0 aromatic heterocycles. The van der Waals surface area contributed by atoms with Crippen LogP contribution in [0.3, 0.4) is 0 Å². The number of hydrogen-bond acceptors (Lipinski definition) is 5. The maximum atomic E-state index is 12.9. The van der Waals surface area contributed by atoms with Gasteiger partial charge in [-0.3, -0.25) is 9.59 Å². The fraction of sp³-hybridized carbons (Fsp3) is 0.619. The van der Waals surface area contributed by atoms with Crippen molar-refractivity contribution < 1.29 is 18.0 Å². The molecule has 8 heteroatoms. The number of nitrogens with zero attached hydrogens (tertiary/aromatic N) is 2. The summed E-state index contributed by atoms with van der Waals surface area (Å²) < 4.78 is 23.5. The van der Waals surface area contributed by atoms with E-state index in [2.05, 4.69) is 10.2 Å². The maximum Gasteiger partial charge on any atom is 0.229 e. The molecule has 7 nitrogen and oxygen atoms in total. The lowest BCUT2D eigenvalue weighted by atomic mass is 10.1. The molecular formula is C21H29N3O4S. The van der Waals surface area contributed by atoms with E-state index in [9.17, 15) is 18.0 Å². The van der Waals surface area contributed by atoms with Crippen molar-refractivity contribution in [2.45, 2.75) is 44.6 Å². The minimum atomic E-state index is -3.06. The summed E-state index contributed by atoms with van der Waals surface area (Å²) in [4.78, 5) is 29.3. The van der Waals surface area contributed by atoms with Crippen molar-refractivity contribution in [3.8, 4) is 0 Å². The number of sulfone groups is 1. The normalized spacial score (nSPS) is 27.1. The van der Waals surface area contributed by atoms with Gasteiger partial charge in [-0.15, -0.1) is 0 Å². The maximum absolute atomic E-state index is 12.9. The Kier molecular flexibility index (Phi) is 5.81. The van der Waals surface area contributed by atoms with Gasteiger partial charge < -0.3 is 15.1 Å². The summed E-state index contributed by atoms with van der Waals surface area (Å²) in [6.45, 7) is 2.27. The summed E-state index contributed by atoms with van der Waals surface area (Å²) in [6.07, 6.45) is 5.40. The third kappa shape index (κ3) is 4.57. The largest absolute Gasteiger partial charge is 0.370 e. The van der Waals surface area contributed by atoms with E-state index in [0.29, 0.717) is 13.0 Å². The molecule has 3 aliphatic heterocycles. The van der Waals surface area contributed by atoms with Crippen molar-refractivity contribution in [1.82, 2.24) is 4.90 Å². The molecule has 4 rings (SSSR count). The Morgan fingerprint density at radius 1 is 1.07 bits per heavy atom. The SMILES string of the molecule is O=C(Nc1ccccc1N1CCCCCC1)[C@@H]1CC(=O)N([C@@H]2CCS(=O)(=O)C2)C1. The Labute approximate surface area is 172 Å². The van der Waals surface area contributed by atoms with Crippen molar-refractivity contribution in [2.24, 2.45) is 5.92 Å². The average Bonchev–Trinajstić information content (AvgIpc) is 3.12. The van der Waals surface area contributed by atoms with Gasteiger partial charge in [-0.25, -0.2) is 8.42 Å². The van der Waals surface area contributed by atoms with Crippen LogP contribution in [0.2, 0.25) is 0 Å². The van der Waals surface area contributed by atoms with Crippen LogP contribution >= 0.6 is 0 Å². The summed E-state index contributed by atoms with van der Waals surface area (Å²) in [5, 5.41) is 3.04. The number of anilines is 2. The van der Waals surface area contributed by atoms with Gasteiger partial charge in [0.2, 0.25) is 11.8 Å². The first-order valence-corrected chi connectivity index (χ1v) is 12.4. The smallest absolute Gasteiger partial charge is 0.229 e. The minimum absolute atomic E-state index is 0.0187. The zero-order valence-electron chi connectivity index (χ0n) is 16.7. The van der Waals surface area contributed by atoms with Crippen molar-refractivity contribution in [2.75, 3.05) is 41.4 Å². The quantitative estimate of drug-likeness (QED) is 0.807. The van der Waals surface area contributed by atoms with Gasteiger partial charge in [-0.05, 0) is 31.4 Å². The topological polar surface area (TPSA) is 86.8 Å². The number of carbonyl (C=O) groups is 2. The zero-order valence-corrected chi connectivity index (χ0v) is 17.5. The van der Waals surface area contributed by atoms with Crippen molar-refractivity contribution >= 4 is 33.0 Å². The lowest BCUT2D eigenvalue weighted by Crippen LogP contribution is -2.38. The van der Waals surface area contributed by atoms with Gasteiger partial charge in [0.15, 0.2) is 9.84 Å². The molecular weight excluding hydrogens is 390 g/mol. The highest BCUT2D eigenvalue weighted by molar-refractivity contribution is 7.91. The van der Waals surface area contributed by atoms with E-state index < -0.39 is 15.8 Å². The predicted molar refractivity (Wildman–Crippen MR) is 113 cm³/mol. The Balaban J connectivity index is 1.43. The molecule has 3 heterocycles. The number of hydrogen-bond donors (Lipinski definition) is 1. The van der Waals surface area contributed by atoms with Gasteiger partial charge >= 0.3 is 0 Å². The Bertz CT molecular complexity index is 878. The summed E-state index contributed by atoms with van der Waals surface area (Å²) in [5.41, 5.74) is 1.82. The second-order valence-electron chi connectivity index (χ2n) is 8.41. The molecule has 1 aromatic rings. The Morgan fingerprint density at radius 3 is 2.48 bits per heavy atom. The molecule has 158 valence electrons. The van der Waals surface area contributed by atoms with Crippen LogP contribution in [0.5, 0.6) is 0 Å². The molecule has 3 saturated heterocycles. The Hall–Kier alpha value is -2.09. The number of benzene rings is 1. The minimum Gasteiger partial charge on any atom is -0.370 e. The fourth-order valence-electron chi connectivity index (χ4n) is 4.68. The number of nitrogens with one attached hydrogen (secondary N) is 1. The molecule has 0 aliphatic carbocycles. The van der Waals surface area contributed by atoms with Gasteiger partial charge in [-0.2, -0.15) is 0 Å². The van der Waals surface area contributed by atoms with E-state index in [0.717, 1.165) is 37.3 Å². The molecule has 3 fully saturated rings. The lowest BCUT2D eigenvalue weighted by molar-refractivity contribution is -0.129. The van der Waals surface area contributed by atoms with Gasteiger partial charge in [0.05, 0.1) is 28.8 Å². The van der Waals surface area contributed by atoms with Crippen molar-refractivity contribution in [1.29, 1.82) is 0 Å². The predicted octanol–water partition coefficient (Wildman–Crippen LogP) is 2.04. The number of para-hydroxylation sites is 2. The summed E-state index contributed by atoms with van der Waals surface area (Å²) in [6, 6.07) is 7.56. The van der Waals surface area contributed by atoms with Gasteiger partial charge in [0.1, 0.15) is 0 Å². The van der Waals surface area contributed by atoms with E-state index >= 15 is 0 Å². The molecule has 2 amide bonds. The van der Waals surface area contributed by atoms with Crippen LogP contribution in [-0.4, -0.2) is 62.3 Å². The van der Waals surface area contributed by atoms with Gasteiger partial charge in [-0.1, -0.05) is 25.0 Å².